The van der Waals surface area contributed by atoms with E-state index >= 15 is 0 Å². The summed E-state index contributed by atoms with van der Waals surface area (Å²) >= 11 is 11.7. The number of carbonyl (C=O) groups is 1. The predicted molar refractivity (Wildman–Crippen MR) is 130 cm³/mol. The summed E-state index contributed by atoms with van der Waals surface area (Å²) in [5.41, 5.74) is 3.03. The number of hydrogen-bond acceptors (Lipinski definition) is 4. The molecule has 2 aliphatic heterocycles. The van der Waals surface area contributed by atoms with Crippen LogP contribution in [0, 0.1) is 0 Å². The van der Waals surface area contributed by atoms with Crippen LogP contribution in [0.25, 0.3) is 0 Å². The number of anilines is 1. The molecule has 2 aromatic rings. The average Bonchev–Trinajstić information content (AvgIpc) is 3.21. The Kier molecular flexibility index (Phi) is 6.85. The Balaban J connectivity index is 1.55. The van der Waals surface area contributed by atoms with Gasteiger partial charge in [-0.05, 0) is 63.3 Å². The second kappa shape index (κ2) is 9.77. The Labute approximate surface area is 193 Å². The van der Waals surface area contributed by atoms with Crippen LogP contribution in [0.15, 0.2) is 53.5 Å². The van der Waals surface area contributed by atoms with E-state index < -0.39 is 6.17 Å². The standard InChI is InChI=1S/C23H26ClN5OS/c1-15(14-29-11-5-6-12-29)25-23(31)28-21-22(30)26-19-10-9-17(24)13-18(19)20(27-21)16-7-3-2-4-8-16/h2-4,7-10,13,15,21H,5-6,11-12,14H2,1H3,(H,26,30)(H2,25,28,31). The smallest absolute Gasteiger partial charge is 0.269 e. The van der Waals surface area contributed by atoms with Crippen molar-refractivity contribution in [3.8, 4) is 0 Å². The Bertz CT molecular complexity index is 991. The van der Waals surface area contributed by atoms with E-state index in [0.717, 1.165) is 30.8 Å². The lowest BCUT2D eigenvalue weighted by atomic mass is 10.0. The molecule has 1 amide bonds. The van der Waals surface area contributed by atoms with Crippen molar-refractivity contribution in [2.24, 2.45) is 4.99 Å². The van der Waals surface area contributed by atoms with Gasteiger partial charge in [0.1, 0.15) is 0 Å². The Morgan fingerprint density at radius 2 is 2.00 bits per heavy atom. The van der Waals surface area contributed by atoms with E-state index in [1.54, 1.807) is 12.1 Å². The lowest BCUT2D eigenvalue weighted by molar-refractivity contribution is -0.117. The molecule has 31 heavy (non-hydrogen) atoms. The molecule has 4 rings (SSSR count). The summed E-state index contributed by atoms with van der Waals surface area (Å²) in [6, 6.07) is 15.3. The number of fused-ring (bicyclic) bond motifs is 1. The molecule has 2 unspecified atom stereocenters. The van der Waals surface area contributed by atoms with Crippen LogP contribution in [-0.2, 0) is 4.79 Å². The first kappa shape index (κ1) is 21.7. The van der Waals surface area contributed by atoms with Gasteiger partial charge in [0, 0.05) is 28.7 Å². The van der Waals surface area contributed by atoms with Crippen LogP contribution in [0.1, 0.15) is 30.9 Å². The number of benzene rings is 2. The molecule has 0 aliphatic carbocycles. The molecule has 1 saturated heterocycles. The fourth-order valence-electron chi connectivity index (χ4n) is 3.99. The summed E-state index contributed by atoms with van der Waals surface area (Å²) in [7, 11) is 0. The topological polar surface area (TPSA) is 68.8 Å². The minimum Gasteiger partial charge on any atom is -0.359 e. The summed E-state index contributed by atoms with van der Waals surface area (Å²) in [4.78, 5) is 20.1. The summed E-state index contributed by atoms with van der Waals surface area (Å²) < 4.78 is 0. The van der Waals surface area contributed by atoms with Gasteiger partial charge in [-0.1, -0.05) is 41.9 Å². The van der Waals surface area contributed by atoms with E-state index in [2.05, 4.69) is 27.8 Å². The number of hydrogen-bond donors (Lipinski definition) is 3. The summed E-state index contributed by atoms with van der Waals surface area (Å²) in [5.74, 6) is -0.272. The SMILES string of the molecule is CC(CN1CCCC1)NC(=S)NC1N=C(c2ccccc2)c2cc(Cl)ccc2NC1=O. The van der Waals surface area contributed by atoms with Crippen molar-refractivity contribution in [2.75, 3.05) is 25.0 Å². The van der Waals surface area contributed by atoms with Crippen molar-refractivity contribution in [1.82, 2.24) is 15.5 Å². The second-order valence-corrected chi connectivity index (χ2v) is 8.80. The highest BCUT2D eigenvalue weighted by molar-refractivity contribution is 7.80. The van der Waals surface area contributed by atoms with E-state index in [-0.39, 0.29) is 11.9 Å². The number of aliphatic imine (C=N–C) groups is 1. The Hall–Kier alpha value is -2.48. The van der Waals surface area contributed by atoms with Crippen molar-refractivity contribution >= 4 is 46.2 Å². The molecule has 2 aromatic carbocycles. The van der Waals surface area contributed by atoms with Crippen molar-refractivity contribution in [3.63, 3.8) is 0 Å². The van der Waals surface area contributed by atoms with Crippen molar-refractivity contribution < 1.29 is 4.79 Å². The maximum Gasteiger partial charge on any atom is 0.269 e. The third-order valence-corrected chi connectivity index (χ3v) is 5.90. The third kappa shape index (κ3) is 5.42. The van der Waals surface area contributed by atoms with Gasteiger partial charge < -0.3 is 20.9 Å². The van der Waals surface area contributed by atoms with E-state index in [1.165, 1.54) is 12.8 Å². The molecule has 1 fully saturated rings. The normalized spacial score (nSPS) is 19.6. The quantitative estimate of drug-likeness (QED) is 0.603. The molecule has 2 heterocycles. The largest absolute Gasteiger partial charge is 0.359 e. The van der Waals surface area contributed by atoms with Crippen molar-refractivity contribution in [2.45, 2.75) is 32.0 Å². The molecule has 0 radical (unpaired) electrons. The van der Waals surface area contributed by atoms with Gasteiger partial charge in [0.15, 0.2) is 5.11 Å². The number of thiocarbonyl (C=S) groups is 1. The summed E-state index contributed by atoms with van der Waals surface area (Å²) in [6.07, 6.45) is 1.64. The van der Waals surface area contributed by atoms with E-state index in [9.17, 15) is 4.79 Å². The fourth-order valence-corrected chi connectivity index (χ4v) is 4.48. The highest BCUT2D eigenvalue weighted by Crippen LogP contribution is 2.27. The summed E-state index contributed by atoms with van der Waals surface area (Å²) in [5, 5.41) is 10.3. The average molecular weight is 456 g/mol. The first-order valence-corrected chi connectivity index (χ1v) is 11.3. The summed E-state index contributed by atoms with van der Waals surface area (Å²) in [6.45, 7) is 5.27. The van der Waals surface area contributed by atoms with Crippen LogP contribution in [0.2, 0.25) is 5.02 Å². The van der Waals surface area contributed by atoms with E-state index in [0.29, 0.717) is 21.5 Å². The molecule has 162 valence electrons. The number of halogens is 1. The molecular weight excluding hydrogens is 430 g/mol. The van der Waals surface area contributed by atoms with Gasteiger partial charge in [0.2, 0.25) is 6.17 Å². The van der Waals surface area contributed by atoms with Crippen LogP contribution in [0.3, 0.4) is 0 Å². The number of rotatable bonds is 5. The van der Waals surface area contributed by atoms with Crippen LogP contribution in [0.4, 0.5) is 5.69 Å². The molecule has 2 atom stereocenters. The minimum atomic E-state index is -0.861. The molecule has 8 heteroatoms. The zero-order valence-electron chi connectivity index (χ0n) is 17.4. The van der Waals surface area contributed by atoms with Gasteiger partial charge in [0.05, 0.1) is 11.4 Å². The highest BCUT2D eigenvalue weighted by atomic mass is 35.5. The number of carbonyl (C=O) groups excluding carboxylic acids is 1. The first-order chi connectivity index (χ1) is 15.0. The molecule has 3 N–H and O–H groups in total. The number of nitrogens with one attached hydrogen (secondary N) is 3. The number of likely N-dealkylation sites (tertiary alicyclic amines) is 1. The maximum absolute atomic E-state index is 12.9. The van der Waals surface area contributed by atoms with Crippen LogP contribution < -0.4 is 16.0 Å². The number of benzodiazepines with no additional fused rings is 1. The van der Waals surface area contributed by atoms with Gasteiger partial charge in [-0.15, -0.1) is 0 Å². The van der Waals surface area contributed by atoms with E-state index in [4.69, 9.17) is 28.8 Å². The molecule has 2 aliphatic rings. The Morgan fingerprint density at radius 1 is 1.26 bits per heavy atom. The zero-order valence-corrected chi connectivity index (χ0v) is 19.0. The molecular formula is C23H26ClN5OS. The molecule has 0 bridgehead atoms. The molecule has 0 spiro atoms. The van der Waals surface area contributed by atoms with Crippen LogP contribution >= 0.6 is 23.8 Å². The highest BCUT2D eigenvalue weighted by Gasteiger charge is 2.27. The van der Waals surface area contributed by atoms with E-state index in [1.807, 2.05) is 36.4 Å². The van der Waals surface area contributed by atoms with Gasteiger partial charge in [0.25, 0.3) is 5.91 Å². The van der Waals surface area contributed by atoms with Gasteiger partial charge in [-0.25, -0.2) is 4.99 Å². The van der Waals surface area contributed by atoms with Crippen molar-refractivity contribution in [1.29, 1.82) is 0 Å². The fraction of sp³-hybridized carbons (Fsp3) is 0.348. The predicted octanol–water partition coefficient (Wildman–Crippen LogP) is 3.40. The first-order valence-electron chi connectivity index (χ1n) is 10.5. The Morgan fingerprint density at radius 3 is 2.74 bits per heavy atom. The molecule has 6 nitrogen and oxygen atoms in total. The molecule has 0 aromatic heterocycles. The maximum atomic E-state index is 12.9. The second-order valence-electron chi connectivity index (χ2n) is 7.95. The van der Waals surface area contributed by atoms with Crippen LogP contribution in [-0.4, -0.2) is 53.5 Å². The third-order valence-electron chi connectivity index (χ3n) is 5.42. The monoisotopic (exact) mass is 455 g/mol. The zero-order chi connectivity index (χ0) is 21.8. The minimum absolute atomic E-state index is 0.167. The van der Waals surface area contributed by atoms with Gasteiger partial charge >= 0.3 is 0 Å². The lowest BCUT2D eigenvalue weighted by Gasteiger charge is -2.23. The van der Waals surface area contributed by atoms with Crippen LogP contribution in [0.5, 0.6) is 0 Å². The molecule has 0 saturated carbocycles. The number of amides is 1. The number of nitrogens with zero attached hydrogens (tertiary/aromatic N) is 2. The van der Waals surface area contributed by atoms with Gasteiger partial charge in [-0.2, -0.15) is 0 Å². The van der Waals surface area contributed by atoms with Gasteiger partial charge in [-0.3, -0.25) is 4.79 Å². The van der Waals surface area contributed by atoms with Crippen molar-refractivity contribution in [3.05, 3.63) is 64.7 Å². The lowest BCUT2D eigenvalue weighted by Crippen LogP contribution is -2.51.